The maximum absolute atomic E-state index is 12.8. The van der Waals surface area contributed by atoms with Crippen LogP contribution in [0.25, 0.3) is 0 Å². The average molecular weight is 417 g/mol. The van der Waals surface area contributed by atoms with Gasteiger partial charge in [-0.3, -0.25) is 4.98 Å². The van der Waals surface area contributed by atoms with E-state index in [0.717, 1.165) is 6.20 Å². The second-order valence-electron chi connectivity index (χ2n) is 4.56. The molecule has 0 saturated carbocycles. The first-order valence-electron chi connectivity index (χ1n) is 6.39. The van der Waals surface area contributed by atoms with Crippen LogP contribution < -0.4 is 4.31 Å². The SMILES string of the molecule is O=S(=O)(Cc1c(Cl)ccc(Cl)c1Cl)N(CC(F)F)c1cnccn1. The third-order valence-electron chi connectivity index (χ3n) is 2.91. The molecule has 0 bridgehead atoms. The van der Waals surface area contributed by atoms with Gasteiger partial charge in [-0.05, 0) is 12.1 Å². The molecule has 2 rings (SSSR count). The lowest BCUT2D eigenvalue weighted by Gasteiger charge is -2.23. The Balaban J connectivity index is 2.44. The molecule has 0 spiro atoms. The van der Waals surface area contributed by atoms with Crippen molar-refractivity contribution >= 4 is 50.6 Å². The predicted molar refractivity (Wildman–Crippen MR) is 89.5 cm³/mol. The van der Waals surface area contributed by atoms with Crippen LogP contribution in [0, 0.1) is 0 Å². The molecule has 24 heavy (non-hydrogen) atoms. The molecule has 11 heteroatoms. The van der Waals surface area contributed by atoms with Crippen molar-refractivity contribution in [1.29, 1.82) is 0 Å². The van der Waals surface area contributed by atoms with E-state index < -0.39 is 28.7 Å². The van der Waals surface area contributed by atoms with Crippen LogP contribution in [-0.2, 0) is 15.8 Å². The largest absolute Gasteiger partial charge is 0.259 e. The number of aromatic nitrogens is 2. The summed E-state index contributed by atoms with van der Waals surface area (Å²) in [6, 6.07) is 2.78. The van der Waals surface area contributed by atoms with Gasteiger partial charge < -0.3 is 0 Å². The second kappa shape index (κ2) is 7.77. The maximum Gasteiger partial charge on any atom is 0.257 e. The molecule has 0 fully saturated rings. The lowest BCUT2D eigenvalue weighted by molar-refractivity contribution is 0.159. The molecule has 0 atom stereocenters. The Bertz CT molecular complexity index is 823. The van der Waals surface area contributed by atoms with Gasteiger partial charge in [0.2, 0.25) is 10.0 Å². The second-order valence-corrected chi connectivity index (χ2v) is 7.65. The monoisotopic (exact) mass is 415 g/mol. The van der Waals surface area contributed by atoms with Crippen LogP contribution in [0.5, 0.6) is 0 Å². The zero-order valence-electron chi connectivity index (χ0n) is 11.8. The Labute approximate surface area is 152 Å². The van der Waals surface area contributed by atoms with E-state index in [1.165, 1.54) is 24.5 Å². The Kier molecular flexibility index (Phi) is 6.19. The standard InChI is InChI=1S/C13H10Cl3F2N3O2S/c14-9-1-2-10(15)13(16)8(9)7-24(22,23)21(6-11(17)18)12-5-19-3-4-20-12/h1-5,11H,6-7H2. The molecular formula is C13H10Cl3F2N3O2S. The van der Waals surface area contributed by atoms with Gasteiger partial charge in [0.05, 0.1) is 28.5 Å². The van der Waals surface area contributed by atoms with Gasteiger partial charge in [0.1, 0.15) is 0 Å². The van der Waals surface area contributed by atoms with Crippen LogP contribution in [0.15, 0.2) is 30.7 Å². The topological polar surface area (TPSA) is 63.2 Å². The first kappa shape index (κ1) is 19.1. The first-order valence-corrected chi connectivity index (χ1v) is 9.13. The van der Waals surface area contributed by atoms with Gasteiger partial charge in [-0.15, -0.1) is 0 Å². The molecule has 1 heterocycles. The Morgan fingerprint density at radius 3 is 2.38 bits per heavy atom. The van der Waals surface area contributed by atoms with Crippen LogP contribution in [0.4, 0.5) is 14.6 Å². The number of hydrogen-bond acceptors (Lipinski definition) is 4. The van der Waals surface area contributed by atoms with E-state index >= 15 is 0 Å². The number of benzene rings is 1. The number of alkyl halides is 2. The highest BCUT2D eigenvalue weighted by molar-refractivity contribution is 7.92. The van der Waals surface area contributed by atoms with Gasteiger partial charge in [-0.2, -0.15) is 0 Å². The molecular weight excluding hydrogens is 407 g/mol. The van der Waals surface area contributed by atoms with E-state index in [4.69, 9.17) is 34.8 Å². The van der Waals surface area contributed by atoms with E-state index in [1.807, 2.05) is 0 Å². The summed E-state index contributed by atoms with van der Waals surface area (Å²) < 4.78 is 51.4. The zero-order valence-corrected chi connectivity index (χ0v) is 14.9. The zero-order chi connectivity index (χ0) is 17.9. The molecule has 0 N–H and O–H groups in total. The summed E-state index contributed by atoms with van der Waals surface area (Å²) >= 11 is 17.8. The van der Waals surface area contributed by atoms with Crippen molar-refractivity contribution in [2.45, 2.75) is 12.2 Å². The average Bonchev–Trinajstić information content (AvgIpc) is 2.53. The van der Waals surface area contributed by atoms with Crippen LogP contribution in [0.3, 0.4) is 0 Å². The highest BCUT2D eigenvalue weighted by Crippen LogP contribution is 2.33. The number of halogens is 5. The van der Waals surface area contributed by atoms with Crippen LogP contribution in [-0.4, -0.2) is 31.4 Å². The van der Waals surface area contributed by atoms with Crippen molar-refractivity contribution in [3.63, 3.8) is 0 Å². The molecule has 0 unspecified atom stereocenters. The van der Waals surface area contributed by atoms with Gasteiger partial charge in [0, 0.05) is 23.0 Å². The fraction of sp³-hybridized carbons (Fsp3) is 0.231. The van der Waals surface area contributed by atoms with Gasteiger partial charge >= 0.3 is 0 Å². The summed E-state index contributed by atoms with van der Waals surface area (Å²) in [6.07, 6.45) is 0.651. The van der Waals surface area contributed by atoms with Gasteiger partial charge in [-0.1, -0.05) is 34.8 Å². The third-order valence-corrected chi connectivity index (χ3v) is 5.77. The molecule has 130 valence electrons. The number of rotatable bonds is 6. The van der Waals surface area contributed by atoms with Gasteiger partial charge in [-0.25, -0.2) is 26.5 Å². The van der Waals surface area contributed by atoms with E-state index in [-0.39, 0.29) is 26.4 Å². The molecule has 0 aliphatic heterocycles. The molecule has 0 amide bonds. The summed E-state index contributed by atoms with van der Waals surface area (Å²) in [6.45, 7) is -1.07. The Hall–Kier alpha value is -1.22. The van der Waals surface area contributed by atoms with Crippen molar-refractivity contribution in [2.24, 2.45) is 0 Å². The Morgan fingerprint density at radius 2 is 1.79 bits per heavy atom. The summed E-state index contributed by atoms with van der Waals surface area (Å²) in [7, 11) is -4.26. The summed E-state index contributed by atoms with van der Waals surface area (Å²) in [4.78, 5) is 7.46. The molecule has 0 aliphatic rings. The van der Waals surface area contributed by atoms with E-state index in [1.54, 1.807) is 0 Å². The van der Waals surface area contributed by atoms with Crippen molar-refractivity contribution < 1.29 is 17.2 Å². The minimum absolute atomic E-state index is 0.0222. The number of anilines is 1. The lowest BCUT2D eigenvalue weighted by Crippen LogP contribution is -2.36. The molecule has 0 radical (unpaired) electrons. The highest BCUT2D eigenvalue weighted by Gasteiger charge is 2.29. The van der Waals surface area contributed by atoms with Crippen molar-refractivity contribution in [3.05, 3.63) is 51.4 Å². The third kappa shape index (κ3) is 4.44. The quantitative estimate of drug-likeness (QED) is 0.667. The smallest absolute Gasteiger partial charge is 0.257 e. The van der Waals surface area contributed by atoms with Crippen molar-refractivity contribution in [1.82, 2.24) is 9.97 Å². The summed E-state index contributed by atoms with van der Waals surface area (Å²) in [5, 5.41) is 0.110. The molecule has 0 aliphatic carbocycles. The predicted octanol–water partition coefficient (Wildman–Crippen LogP) is 4.04. The van der Waals surface area contributed by atoms with Crippen molar-refractivity contribution in [2.75, 3.05) is 10.8 Å². The summed E-state index contributed by atoms with van der Waals surface area (Å²) in [5.74, 6) is -0.943. The van der Waals surface area contributed by atoms with Gasteiger partial charge in [0.25, 0.3) is 6.43 Å². The fourth-order valence-electron chi connectivity index (χ4n) is 1.86. The first-order chi connectivity index (χ1) is 11.2. The molecule has 0 saturated heterocycles. The fourth-order valence-corrected chi connectivity index (χ4v) is 4.24. The van der Waals surface area contributed by atoms with E-state index in [2.05, 4.69) is 9.97 Å². The van der Waals surface area contributed by atoms with Crippen LogP contribution in [0.1, 0.15) is 5.56 Å². The lowest BCUT2D eigenvalue weighted by atomic mass is 10.2. The van der Waals surface area contributed by atoms with E-state index in [0.29, 0.717) is 4.31 Å². The van der Waals surface area contributed by atoms with Crippen LogP contribution >= 0.6 is 34.8 Å². The minimum atomic E-state index is -4.26. The van der Waals surface area contributed by atoms with E-state index in [9.17, 15) is 17.2 Å². The normalized spacial score (nSPS) is 11.8. The van der Waals surface area contributed by atoms with Gasteiger partial charge in [0.15, 0.2) is 5.82 Å². The van der Waals surface area contributed by atoms with Crippen LogP contribution in [0.2, 0.25) is 15.1 Å². The minimum Gasteiger partial charge on any atom is -0.259 e. The van der Waals surface area contributed by atoms with Crippen molar-refractivity contribution in [3.8, 4) is 0 Å². The number of nitrogens with zero attached hydrogens (tertiary/aromatic N) is 3. The molecule has 1 aromatic heterocycles. The highest BCUT2D eigenvalue weighted by atomic mass is 35.5. The Morgan fingerprint density at radius 1 is 1.12 bits per heavy atom. The maximum atomic E-state index is 12.8. The summed E-state index contributed by atoms with van der Waals surface area (Å²) in [5.41, 5.74) is 0.0222. The molecule has 1 aromatic carbocycles. The molecule has 5 nitrogen and oxygen atoms in total. The number of hydrogen-bond donors (Lipinski definition) is 0. The number of sulfonamides is 1. The molecule has 2 aromatic rings.